The molecule has 1 fully saturated rings. The van der Waals surface area contributed by atoms with E-state index in [2.05, 4.69) is 30.8 Å². The van der Waals surface area contributed by atoms with Gasteiger partial charge in [-0.05, 0) is 33.0 Å². The lowest BCUT2D eigenvalue weighted by molar-refractivity contribution is 0.0410. The number of piperazine rings is 1. The largest absolute Gasteiger partial charge is 0.397 e. The first kappa shape index (κ1) is 12.8. The van der Waals surface area contributed by atoms with Gasteiger partial charge in [-0.1, -0.05) is 0 Å². The van der Waals surface area contributed by atoms with E-state index < -0.39 is 0 Å². The molecule has 2 unspecified atom stereocenters. The van der Waals surface area contributed by atoms with Gasteiger partial charge in [-0.15, -0.1) is 0 Å². The van der Waals surface area contributed by atoms with Gasteiger partial charge < -0.3 is 10.6 Å². The van der Waals surface area contributed by atoms with Crippen molar-refractivity contribution in [2.45, 2.75) is 25.9 Å². The molecule has 1 aromatic rings. The molecule has 1 aliphatic heterocycles. The minimum absolute atomic E-state index is 0.0695. The van der Waals surface area contributed by atoms with Crippen molar-refractivity contribution in [3.63, 3.8) is 0 Å². The van der Waals surface area contributed by atoms with Crippen molar-refractivity contribution in [1.82, 2.24) is 14.8 Å². The Kier molecular flexibility index (Phi) is 3.52. The maximum Gasteiger partial charge on any atom is 0.274 e. The monoisotopic (exact) mass is 248 g/mol. The molecule has 2 atom stereocenters. The van der Waals surface area contributed by atoms with Gasteiger partial charge in [0.05, 0.1) is 5.69 Å². The quantitative estimate of drug-likeness (QED) is 0.799. The van der Waals surface area contributed by atoms with E-state index in [9.17, 15) is 4.79 Å². The van der Waals surface area contributed by atoms with Crippen LogP contribution in [0.4, 0.5) is 5.69 Å². The molecule has 0 aliphatic carbocycles. The highest BCUT2D eigenvalue weighted by molar-refractivity contribution is 5.97. The Morgan fingerprint density at radius 1 is 1.39 bits per heavy atom. The molecule has 1 saturated heterocycles. The summed E-state index contributed by atoms with van der Waals surface area (Å²) in [5.74, 6) is -0.0695. The van der Waals surface area contributed by atoms with Crippen LogP contribution in [-0.4, -0.2) is 52.9 Å². The third-order valence-corrected chi connectivity index (χ3v) is 3.69. The number of amides is 1. The SMILES string of the molecule is CC1CN(C(=O)c2ncccc2N)CC(C)N1C. The van der Waals surface area contributed by atoms with Crippen molar-refractivity contribution in [2.24, 2.45) is 0 Å². The van der Waals surface area contributed by atoms with Gasteiger partial charge in [-0.3, -0.25) is 9.69 Å². The molecule has 2 heterocycles. The third kappa shape index (κ3) is 2.31. The summed E-state index contributed by atoms with van der Waals surface area (Å²) in [6.07, 6.45) is 1.60. The number of aromatic nitrogens is 1. The minimum Gasteiger partial charge on any atom is -0.397 e. The number of hydrogen-bond donors (Lipinski definition) is 1. The highest BCUT2D eigenvalue weighted by Crippen LogP contribution is 2.17. The summed E-state index contributed by atoms with van der Waals surface area (Å²) in [4.78, 5) is 20.6. The molecular formula is C13H20N4O. The molecule has 1 aromatic heterocycles. The molecular weight excluding hydrogens is 228 g/mol. The van der Waals surface area contributed by atoms with E-state index in [4.69, 9.17) is 5.73 Å². The first-order chi connectivity index (χ1) is 8.50. The van der Waals surface area contributed by atoms with Crippen LogP contribution in [0.2, 0.25) is 0 Å². The molecule has 0 saturated carbocycles. The number of carbonyl (C=O) groups is 1. The summed E-state index contributed by atoms with van der Waals surface area (Å²) in [6, 6.07) is 4.15. The minimum atomic E-state index is -0.0695. The van der Waals surface area contributed by atoms with E-state index in [0.717, 1.165) is 13.1 Å². The molecule has 1 aliphatic rings. The summed E-state index contributed by atoms with van der Waals surface area (Å²) < 4.78 is 0. The Labute approximate surface area is 108 Å². The highest BCUT2D eigenvalue weighted by atomic mass is 16.2. The van der Waals surface area contributed by atoms with Gasteiger partial charge in [-0.2, -0.15) is 0 Å². The van der Waals surface area contributed by atoms with E-state index in [1.54, 1.807) is 18.3 Å². The summed E-state index contributed by atoms with van der Waals surface area (Å²) in [6.45, 7) is 5.68. The zero-order chi connectivity index (χ0) is 13.3. The van der Waals surface area contributed by atoms with Crippen LogP contribution in [0.3, 0.4) is 0 Å². The number of anilines is 1. The average molecular weight is 248 g/mol. The first-order valence-corrected chi connectivity index (χ1v) is 6.22. The maximum absolute atomic E-state index is 12.4. The van der Waals surface area contributed by atoms with Gasteiger partial charge in [-0.25, -0.2) is 4.98 Å². The Morgan fingerprint density at radius 3 is 2.56 bits per heavy atom. The molecule has 0 spiro atoms. The number of nitrogens with two attached hydrogens (primary N) is 1. The van der Waals surface area contributed by atoms with E-state index in [1.165, 1.54) is 0 Å². The summed E-state index contributed by atoms with van der Waals surface area (Å²) >= 11 is 0. The van der Waals surface area contributed by atoms with E-state index in [0.29, 0.717) is 23.5 Å². The molecule has 0 bridgehead atoms. The molecule has 98 valence electrons. The van der Waals surface area contributed by atoms with Gasteiger partial charge in [0.1, 0.15) is 0 Å². The second kappa shape index (κ2) is 4.94. The average Bonchev–Trinajstić information content (AvgIpc) is 2.35. The summed E-state index contributed by atoms with van der Waals surface area (Å²) in [5.41, 5.74) is 6.61. The van der Waals surface area contributed by atoms with Crippen LogP contribution in [0, 0.1) is 0 Å². The van der Waals surface area contributed by atoms with Crippen molar-refractivity contribution >= 4 is 11.6 Å². The van der Waals surface area contributed by atoms with E-state index in [-0.39, 0.29) is 5.91 Å². The molecule has 18 heavy (non-hydrogen) atoms. The number of hydrogen-bond acceptors (Lipinski definition) is 4. The fourth-order valence-electron chi connectivity index (χ4n) is 2.32. The second-order valence-electron chi connectivity index (χ2n) is 5.01. The van der Waals surface area contributed by atoms with Crippen molar-refractivity contribution < 1.29 is 4.79 Å². The van der Waals surface area contributed by atoms with Gasteiger partial charge in [0.15, 0.2) is 5.69 Å². The molecule has 0 radical (unpaired) electrons. The maximum atomic E-state index is 12.4. The Morgan fingerprint density at radius 2 is 2.00 bits per heavy atom. The standard InChI is InChI=1S/C13H20N4O/c1-9-7-17(8-10(2)16(9)3)13(18)12-11(14)5-4-6-15-12/h4-6,9-10H,7-8,14H2,1-3H3. The van der Waals surface area contributed by atoms with Crippen molar-refractivity contribution in [2.75, 3.05) is 25.9 Å². The highest BCUT2D eigenvalue weighted by Gasteiger charge is 2.30. The first-order valence-electron chi connectivity index (χ1n) is 6.22. The number of likely N-dealkylation sites (N-methyl/N-ethyl adjacent to an activating group) is 1. The summed E-state index contributed by atoms with van der Waals surface area (Å²) in [7, 11) is 2.09. The van der Waals surface area contributed by atoms with Crippen molar-refractivity contribution in [1.29, 1.82) is 0 Å². The summed E-state index contributed by atoms with van der Waals surface area (Å²) in [5, 5.41) is 0. The van der Waals surface area contributed by atoms with Crippen LogP contribution < -0.4 is 5.73 Å². The zero-order valence-corrected chi connectivity index (χ0v) is 11.1. The van der Waals surface area contributed by atoms with Crippen LogP contribution >= 0.6 is 0 Å². The zero-order valence-electron chi connectivity index (χ0n) is 11.1. The van der Waals surface area contributed by atoms with Gasteiger partial charge >= 0.3 is 0 Å². The van der Waals surface area contributed by atoms with Crippen LogP contribution in [0.1, 0.15) is 24.3 Å². The van der Waals surface area contributed by atoms with Gasteiger partial charge in [0.2, 0.25) is 0 Å². The number of rotatable bonds is 1. The lowest BCUT2D eigenvalue weighted by Gasteiger charge is -2.42. The van der Waals surface area contributed by atoms with E-state index >= 15 is 0 Å². The smallest absolute Gasteiger partial charge is 0.274 e. The van der Waals surface area contributed by atoms with Gasteiger partial charge in [0, 0.05) is 31.4 Å². The van der Waals surface area contributed by atoms with Crippen LogP contribution in [0.5, 0.6) is 0 Å². The number of nitrogen functional groups attached to an aromatic ring is 1. The van der Waals surface area contributed by atoms with Crippen LogP contribution in [0.15, 0.2) is 18.3 Å². The normalized spacial score (nSPS) is 25.2. The molecule has 5 heteroatoms. The van der Waals surface area contributed by atoms with Crippen LogP contribution in [0.25, 0.3) is 0 Å². The number of pyridine rings is 1. The molecule has 2 N–H and O–H groups in total. The molecule has 5 nitrogen and oxygen atoms in total. The predicted molar refractivity (Wildman–Crippen MR) is 71.2 cm³/mol. The Bertz CT molecular complexity index is 436. The second-order valence-corrected chi connectivity index (χ2v) is 5.01. The fourth-order valence-corrected chi connectivity index (χ4v) is 2.32. The Balaban J connectivity index is 2.18. The lowest BCUT2D eigenvalue weighted by Crippen LogP contribution is -2.56. The van der Waals surface area contributed by atoms with Crippen LogP contribution in [-0.2, 0) is 0 Å². The Hall–Kier alpha value is -1.62. The lowest BCUT2D eigenvalue weighted by atomic mass is 10.1. The molecule has 0 aromatic carbocycles. The topological polar surface area (TPSA) is 62.5 Å². The number of nitrogens with zero attached hydrogens (tertiary/aromatic N) is 3. The van der Waals surface area contributed by atoms with Crippen molar-refractivity contribution in [3.05, 3.63) is 24.0 Å². The van der Waals surface area contributed by atoms with E-state index in [1.807, 2.05) is 4.90 Å². The third-order valence-electron chi connectivity index (χ3n) is 3.69. The number of carbonyl (C=O) groups excluding carboxylic acids is 1. The van der Waals surface area contributed by atoms with Gasteiger partial charge in [0.25, 0.3) is 5.91 Å². The van der Waals surface area contributed by atoms with Crippen molar-refractivity contribution in [3.8, 4) is 0 Å². The fraction of sp³-hybridized carbons (Fsp3) is 0.538. The molecule has 2 rings (SSSR count). The predicted octanol–water partition coefficient (Wildman–Crippen LogP) is 0.828. The molecule has 1 amide bonds.